The number of carbonyl (C=O) groups excluding carboxylic acids is 3. The normalized spacial score (nSPS) is 12.4. The first kappa shape index (κ1) is 30.4. The van der Waals surface area contributed by atoms with Gasteiger partial charge in [-0.3, -0.25) is 14.4 Å². The van der Waals surface area contributed by atoms with Gasteiger partial charge in [0.15, 0.2) is 0 Å². The van der Waals surface area contributed by atoms with Gasteiger partial charge in [0.25, 0.3) is 11.8 Å². The number of benzene rings is 2. The first-order valence-electron chi connectivity index (χ1n) is 13.4. The van der Waals surface area contributed by atoms with E-state index in [4.69, 9.17) is 0 Å². The minimum Gasteiger partial charge on any atom is -0.426 e. The standard InChI is InChI=1S/C27H36BN7O5/c1-4-5-6-18-7-9-21(10-8-18)26(37)30-22(27(38)31-23(28(39)40)15-17(2)3)16-29-25(36)20-13-11-19(12-14-20)24-32-34-35-33-24/h7-14,17,22-23,39-40H,4-6,15-16H2,1-3H3,(H,29,36)(H,30,37)(H,31,38)(H,32,33,34,35)/t22-,23-/m0/s1. The van der Waals surface area contributed by atoms with Gasteiger partial charge in [-0.15, -0.1) is 10.2 Å². The number of nitrogens with zero attached hydrogens (tertiary/aromatic N) is 3. The lowest BCUT2D eigenvalue weighted by atomic mass is 9.75. The zero-order chi connectivity index (χ0) is 29.1. The first-order valence-corrected chi connectivity index (χ1v) is 13.4. The van der Waals surface area contributed by atoms with Crippen molar-refractivity contribution in [1.82, 2.24) is 36.6 Å². The number of unbranched alkanes of at least 4 members (excludes halogenated alkanes) is 1. The van der Waals surface area contributed by atoms with Crippen LogP contribution in [0.25, 0.3) is 11.4 Å². The summed E-state index contributed by atoms with van der Waals surface area (Å²) in [6.45, 7) is 5.65. The molecule has 40 heavy (non-hydrogen) atoms. The van der Waals surface area contributed by atoms with Gasteiger partial charge in [-0.2, -0.15) is 5.21 Å². The lowest BCUT2D eigenvalue weighted by molar-refractivity contribution is -0.123. The van der Waals surface area contributed by atoms with E-state index < -0.39 is 36.8 Å². The van der Waals surface area contributed by atoms with E-state index in [1.54, 1.807) is 36.4 Å². The monoisotopic (exact) mass is 549 g/mol. The molecule has 0 bridgehead atoms. The Bertz CT molecular complexity index is 1240. The molecule has 0 saturated carbocycles. The van der Waals surface area contributed by atoms with Crippen LogP contribution in [0.5, 0.6) is 0 Å². The number of aromatic amines is 1. The van der Waals surface area contributed by atoms with Gasteiger partial charge in [0, 0.05) is 23.2 Å². The van der Waals surface area contributed by atoms with E-state index in [0.29, 0.717) is 28.9 Å². The Morgan fingerprint density at radius 1 is 0.950 bits per heavy atom. The molecule has 0 aliphatic heterocycles. The fourth-order valence-corrected chi connectivity index (χ4v) is 4.05. The summed E-state index contributed by atoms with van der Waals surface area (Å²) in [6.07, 6.45) is 3.32. The third-order valence-corrected chi connectivity index (χ3v) is 6.29. The molecule has 1 heterocycles. The summed E-state index contributed by atoms with van der Waals surface area (Å²) in [7, 11) is -1.79. The molecule has 0 radical (unpaired) electrons. The van der Waals surface area contributed by atoms with Crippen molar-refractivity contribution in [1.29, 1.82) is 0 Å². The van der Waals surface area contributed by atoms with Gasteiger partial charge in [-0.05, 0) is 60.2 Å². The van der Waals surface area contributed by atoms with Gasteiger partial charge in [0.05, 0.1) is 5.94 Å². The van der Waals surface area contributed by atoms with Gasteiger partial charge in [-0.25, -0.2) is 0 Å². The molecule has 6 N–H and O–H groups in total. The topological polar surface area (TPSA) is 182 Å². The average molecular weight is 549 g/mol. The van der Waals surface area contributed by atoms with Crippen molar-refractivity contribution in [3.8, 4) is 11.4 Å². The number of aromatic nitrogens is 4. The van der Waals surface area contributed by atoms with Crippen molar-refractivity contribution in [2.24, 2.45) is 5.92 Å². The van der Waals surface area contributed by atoms with E-state index in [2.05, 4.69) is 43.5 Å². The van der Waals surface area contributed by atoms with Gasteiger partial charge in [-0.1, -0.05) is 51.5 Å². The molecule has 3 amide bonds. The molecule has 0 spiro atoms. The van der Waals surface area contributed by atoms with Crippen LogP contribution in [0.4, 0.5) is 0 Å². The highest BCUT2D eigenvalue weighted by Gasteiger charge is 2.30. The molecule has 0 saturated heterocycles. The highest BCUT2D eigenvalue weighted by molar-refractivity contribution is 6.43. The third kappa shape index (κ3) is 8.99. The Morgan fingerprint density at radius 2 is 1.60 bits per heavy atom. The predicted molar refractivity (Wildman–Crippen MR) is 150 cm³/mol. The van der Waals surface area contributed by atoms with Crippen molar-refractivity contribution in [2.45, 2.75) is 58.4 Å². The lowest BCUT2D eigenvalue weighted by Gasteiger charge is -2.24. The van der Waals surface area contributed by atoms with Crippen molar-refractivity contribution >= 4 is 24.8 Å². The van der Waals surface area contributed by atoms with E-state index in [1.807, 2.05) is 26.0 Å². The summed E-state index contributed by atoms with van der Waals surface area (Å²) in [5.41, 5.74) is 2.46. The maximum atomic E-state index is 13.2. The molecular formula is C27H36BN7O5. The van der Waals surface area contributed by atoms with Crippen LogP contribution >= 0.6 is 0 Å². The van der Waals surface area contributed by atoms with Crippen molar-refractivity contribution < 1.29 is 24.4 Å². The van der Waals surface area contributed by atoms with Crippen LogP contribution in [0.15, 0.2) is 48.5 Å². The first-order chi connectivity index (χ1) is 19.2. The lowest BCUT2D eigenvalue weighted by Crippen LogP contribution is -2.57. The largest absolute Gasteiger partial charge is 0.475 e. The summed E-state index contributed by atoms with van der Waals surface area (Å²) in [6, 6.07) is 12.4. The number of rotatable bonds is 14. The fourth-order valence-electron chi connectivity index (χ4n) is 4.05. The number of hydrogen-bond donors (Lipinski definition) is 6. The SMILES string of the molecule is CCCCc1ccc(C(=O)N[C@@H](CNC(=O)c2ccc(-c3nn[nH]n3)cc2)C(=O)N[C@@H](CC(C)C)B(O)O)cc1. The number of aryl methyl sites for hydroxylation is 1. The second kappa shape index (κ2) is 14.9. The maximum absolute atomic E-state index is 13.2. The number of amides is 3. The van der Waals surface area contributed by atoms with E-state index >= 15 is 0 Å². The molecule has 0 aliphatic carbocycles. The zero-order valence-corrected chi connectivity index (χ0v) is 22.9. The second-order valence-corrected chi connectivity index (χ2v) is 10.0. The number of H-pyrrole nitrogens is 1. The summed E-state index contributed by atoms with van der Waals surface area (Å²) in [5.74, 6) is -2.11. The number of tetrazole rings is 1. The molecule has 0 aliphatic rings. The minimum absolute atomic E-state index is 0.0708. The molecule has 212 valence electrons. The molecule has 2 atom stereocenters. The summed E-state index contributed by atoms with van der Waals surface area (Å²) in [4.78, 5) is 39.0. The molecule has 1 aromatic heterocycles. The van der Waals surface area contributed by atoms with Crippen LogP contribution < -0.4 is 16.0 Å². The summed E-state index contributed by atoms with van der Waals surface area (Å²) < 4.78 is 0. The van der Waals surface area contributed by atoms with Gasteiger partial charge < -0.3 is 26.0 Å². The van der Waals surface area contributed by atoms with Gasteiger partial charge in [0.2, 0.25) is 11.7 Å². The predicted octanol–water partition coefficient (Wildman–Crippen LogP) is 1.28. The van der Waals surface area contributed by atoms with Gasteiger partial charge >= 0.3 is 7.12 Å². The van der Waals surface area contributed by atoms with Crippen molar-refractivity contribution in [3.05, 3.63) is 65.2 Å². The second-order valence-electron chi connectivity index (χ2n) is 10.0. The summed E-state index contributed by atoms with van der Waals surface area (Å²) >= 11 is 0. The molecule has 3 rings (SSSR count). The molecular weight excluding hydrogens is 513 g/mol. The number of hydrogen-bond acceptors (Lipinski definition) is 8. The Kier molecular flexibility index (Phi) is 11.3. The van der Waals surface area contributed by atoms with Crippen LogP contribution in [0.3, 0.4) is 0 Å². The van der Waals surface area contributed by atoms with Gasteiger partial charge in [0.1, 0.15) is 6.04 Å². The maximum Gasteiger partial charge on any atom is 0.475 e. The van der Waals surface area contributed by atoms with Crippen LogP contribution in [0.1, 0.15) is 66.3 Å². The smallest absolute Gasteiger partial charge is 0.426 e. The fraction of sp³-hybridized carbons (Fsp3) is 0.407. The van der Waals surface area contributed by atoms with E-state index in [-0.39, 0.29) is 12.5 Å². The third-order valence-electron chi connectivity index (χ3n) is 6.29. The van der Waals surface area contributed by atoms with Crippen LogP contribution in [0.2, 0.25) is 0 Å². The Hall–Kier alpha value is -4.10. The Labute approximate surface area is 233 Å². The highest BCUT2D eigenvalue weighted by Crippen LogP contribution is 2.14. The Morgan fingerprint density at radius 3 is 2.17 bits per heavy atom. The molecule has 0 unspecified atom stereocenters. The van der Waals surface area contributed by atoms with Crippen molar-refractivity contribution in [2.75, 3.05) is 6.54 Å². The molecule has 13 heteroatoms. The average Bonchev–Trinajstić information content (AvgIpc) is 3.48. The van der Waals surface area contributed by atoms with Crippen LogP contribution in [-0.2, 0) is 11.2 Å². The number of nitrogens with one attached hydrogen (secondary N) is 4. The Balaban J connectivity index is 1.71. The molecule has 12 nitrogen and oxygen atoms in total. The zero-order valence-electron chi connectivity index (χ0n) is 22.9. The highest BCUT2D eigenvalue weighted by atomic mass is 16.4. The molecule has 3 aromatic rings. The van der Waals surface area contributed by atoms with Crippen LogP contribution in [-0.4, -0.2) is 74.0 Å². The van der Waals surface area contributed by atoms with E-state index in [1.165, 1.54) is 0 Å². The van der Waals surface area contributed by atoms with E-state index in [9.17, 15) is 24.4 Å². The molecule has 0 fully saturated rings. The quantitative estimate of drug-likeness (QED) is 0.163. The minimum atomic E-state index is -1.79. The van der Waals surface area contributed by atoms with E-state index in [0.717, 1.165) is 24.8 Å². The number of carbonyl (C=O) groups is 3. The van der Waals surface area contributed by atoms with Crippen LogP contribution in [0, 0.1) is 5.92 Å². The molecule has 2 aromatic carbocycles. The van der Waals surface area contributed by atoms with Crippen molar-refractivity contribution in [3.63, 3.8) is 0 Å². The summed E-state index contributed by atoms with van der Waals surface area (Å²) in [5, 5.41) is 41.1.